The maximum absolute atomic E-state index is 14.2. The highest BCUT2D eigenvalue weighted by molar-refractivity contribution is 6.17. The molecule has 0 saturated carbocycles. The third-order valence-corrected chi connectivity index (χ3v) is 5.04. The Balaban J connectivity index is 1.75. The van der Waals surface area contributed by atoms with E-state index >= 15 is 0 Å². The van der Waals surface area contributed by atoms with E-state index in [0.717, 1.165) is 0 Å². The number of carbonyl (C=O) groups excluding carboxylic acids is 2. The quantitative estimate of drug-likeness (QED) is 0.656. The Kier molecular flexibility index (Phi) is 4.84. The summed E-state index contributed by atoms with van der Waals surface area (Å²) in [5, 5.41) is 0. The first-order valence-corrected chi connectivity index (χ1v) is 9.20. The standard InChI is InChI=1S/C23H18F2N2O2/c1-15-22(28)26(14-17-6-2-3-7-19(17)25)20-8-4-5-9-21(20)27(15)23(29)16-10-12-18(24)13-11-16/h2-13,15H,14H2,1H3. The van der Waals surface area contributed by atoms with Crippen molar-refractivity contribution in [2.45, 2.75) is 19.5 Å². The molecule has 0 bridgehead atoms. The number of hydrogen-bond donors (Lipinski definition) is 0. The largest absolute Gasteiger partial charge is 0.304 e. The van der Waals surface area contributed by atoms with Gasteiger partial charge >= 0.3 is 0 Å². The summed E-state index contributed by atoms with van der Waals surface area (Å²) in [4.78, 5) is 29.2. The molecule has 1 aliphatic heterocycles. The highest BCUT2D eigenvalue weighted by Crippen LogP contribution is 2.38. The second kappa shape index (κ2) is 7.47. The number of carbonyl (C=O) groups is 2. The van der Waals surface area contributed by atoms with Crippen molar-refractivity contribution in [2.75, 3.05) is 9.80 Å². The highest BCUT2D eigenvalue weighted by Gasteiger charge is 2.39. The number of rotatable bonds is 3. The van der Waals surface area contributed by atoms with Gasteiger partial charge in [0.2, 0.25) is 5.91 Å². The molecule has 146 valence electrons. The molecule has 0 N–H and O–H groups in total. The Bertz CT molecular complexity index is 1080. The van der Waals surface area contributed by atoms with Crippen LogP contribution in [0, 0.1) is 11.6 Å². The van der Waals surface area contributed by atoms with Crippen LogP contribution in [0.5, 0.6) is 0 Å². The maximum atomic E-state index is 14.2. The van der Waals surface area contributed by atoms with E-state index in [0.29, 0.717) is 16.9 Å². The van der Waals surface area contributed by atoms with Crippen LogP contribution in [-0.4, -0.2) is 17.9 Å². The zero-order valence-electron chi connectivity index (χ0n) is 15.7. The monoisotopic (exact) mass is 392 g/mol. The van der Waals surface area contributed by atoms with E-state index in [2.05, 4.69) is 0 Å². The molecule has 0 saturated heterocycles. The summed E-state index contributed by atoms with van der Waals surface area (Å²) in [5.41, 5.74) is 1.74. The van der Waals surface area contributed by atoms with Gasteiger partial charge in [-0.25, -0.2) is 8.78 Å². The summed E-state index contributed by atoms with van der Waals surface area (Å²) in [6.45, 7) is 1.69. The van der Waals surface area contributed by atoms with Crippen LogP contribution in [0.25, 0.3) is 0 Å². The van der Waals surface area contributed by atoms with Crippen LogP contribution >= 0.6 is 0 Å². The van der Waals surface area contributed by atoms with Crippen molar-refractivity contribution in [3.63, 3.8) is 0 Å². The van der Waals surface area contributed by atoms with Crippen molar-refractivity contribution in [1.29, 1.82) is 0 Å². The van der Waals surface area contributed by atoms with Gasteiger partial charge in [0, 0.05) is 11.1 Å². The molecule has 0 radical (unpaired) electrons. The molecule has 0 aliphatic carbocycles. The zero-order chi connectivity index (χ0) is 20.5. The molecule has 29 heavy (non-hydrogen) atoms. The molecule has 3 aromatic carbocycles. The normalized spacial score (nSPS) is 16.0. The first kappa shape index (κ1) is 18.8. The van der Waals surface area contributed by atoms with Crippen LogP contribution in [0.3, 0.4) is 0 Å². The van der Waals surface area contributed by atoms with Gasteiger partial charge in [0.25, 0.3) is 5.91 Å². The lowest BCUT2D eigenvalue weighted by Gasteiger charge is -2.40. The lowest BCUT2D eigenvalue weighted by molar-refractivity contribution is -0.119. The Labute approximate surface area is 167 Å². The molecule has 1 heterocycles. The number of anilines is 2. The van der Waals surface area contributed by atoms with Crippen LogP contribution in [0.2, 0.25) is 0 Å². The van der Waals surface area contributed by atoms with E-state index in [-0.39, 0.29) is 18.0 Å². The molecule has 1 atom stereocenters. The smallest absolute Gasteiger partial charge is 0.259 e. The molecule has 6 heteroatoms. The molecule has 4 rings (SSSR count). The van der Waals surface area contributed by atoms with Crippen molar-refractivity contribution < 1.29 is 18.4 Å². The van der Waals surface area contributed by atoms with E-state index in [1.165, 1.54) is 40.1 Å². The van der Waals surface area contributed by atoms with E-state index in [1.54, 1.807) is 49.4 Å². The lowest BCUT2D eigenvalue weighted by atomic mass is 10.0. The molecule has 0 fully saturated rings. The molecule has 3 aromatic rings. The predicted molar refractivity (Wildman–Crippen MR) is 107 cm³/mol. The highest BCUT2D eigenvalue weighted by atomic mass is 19.1. The van der Waals surface area contributed by atoms with Crippen molar-refractivity contribution in [3.05, 3.63) is 95.6 Å². The number of para-hydroxylation sites is 2. The van der Waals surface area contributed by atoms with Gasteiger partial charge in [0.1, 0.15) is 17.7 Å². The molecule has 0 aromatic heterocycles. The van der Waals surface area contributed by atoms with Crippen LogP contribution in [0.1, 0.15) is 22.8 Å². The summed E-state index contributed by atoms with van der Waals surface area (Å²) in [6.07, 6.45) is 0. The van der Waals surface area contributed by atoms with Crippen molar-refractivity contribution in [3.8, 4) is 0 Å². The van der Waals surface area contributed by atoms with Gasteiger partial charge in [-0.3, -0.25) is 14.5 Å². The van der Waals surface area contributed by atoms with Gasteiger partial charge in [-0.15, -0.1) is 0 Å². The fourth-order valence-corrected chi connectivity index (χ4v) is 3.54. The second-order valence-corrected chi connectivity index (χ2v) is 6.86. The predicted octanol–water partition coefficient (Wildman–Crippen LogP) is 4.55. The van der Waals surface area contributed by atoms with Crippen LogP contribution < -0.4 is 9.80 Å². The van der Waals surface area contributed by atoms with E-state index in [9.17, 15) is 18.4 Å². The summed E-state index contributed by atoms with van der Waals surface area (Å²) < 4.78 is 27.4. The first-order valence-electron chi connectivity index (χ1n) is 9.20. The minimum Gasteiger partial charge on any atom is -0.304 e. The number of halogens is 2. The number of amides is 2. The van der Waals surface area contributed by atoms with Crippen molar-refractivity contribution in [2.24, 2.45) is 0 Å². The van der Waals surface area contributed by atoms with Crippen LogP contribution in [0.4, 0.5) is 20.2 Å². The van der Waals surface area contributed by atoms with Crippen molar-refractivity contribution >= 4 is 23.2 Å². The summed E-state index contributed by atoms with van der Waals surface area (Å²) in [5.74, 6) is -1.55. The Hall–Kier alpha value is -3.54. The second-order valence-electron chi connectivity index (χ2n) is 6.86. The van der Waals surface area contributed by atoms with Gasteiger partial charge < -0.3 is 4.90 Å². The third-order valence-electron chi connectivity index (χ3n) is 5.04. The van der Waals surface area contributed by atoms with Gasteiger partial charge in [0.05, 0.1) is 17.9 Å². The number of nitrogens with zero attached hydrogens (tertiary/aromatic N) is 2. The molecule has 1 aliphatic rings. The van der Waals surface area contributed by atoms with Crippen LogP contribution in [0.15, 0.2) is 72.8 Å². The summed E-state index contributed by atoms with van der Waals surface area (Å²) in [6, 6.07) is 17.7. The molecule has 2 amide bonds. The summed E-state index contributed by atoms with van der Waals surface area (Å²) >= 11 is 0. The summed E-state index contributed by atoms with van der Waals surface area (Å²) in [7, 11) is 0. The van der Waals surface area contributed by atoms with Gasteiger partial charge in [-0.1, -0.05) is 30.3 Å². The molecular formula is C23H18F2N2O2. The van der Waals surface area contributed by atoms with E-state index in [1.807, 2.05) is 0 Å². The van der Waals surface area contributed by atoms with Gasteiger partial charge in [0.15, 0.2) is 0 Å². The molecule has 0 spiro atoms. The number of hydrogen-bond acceptors (Lipinski definition) is 2. The van der Waals surface area contributed by atoms with E-state index < -0.39 is 23.6 Å². The number of fused-ring (bicyclic) bond motifs is 1. The van der Waals surface area contributed by atoms with Crippen LogP contribution in [-0.2, 0) is 11.3 Å². The van der Waals surface area contributed by atoms with Gasteiger partial charge in [-0.2, -0.15) is 0 Å². The Morgan fingerprint density at radius 2 is 1.52 bits per heavy atom. The topological polar surface area (TPSA) is 40.6 Å². The Morgan fingerprint density at radius 3 is 2.21 bits per heavy atom. The Morgan fingerprint density at radius 1 is 0.897 bits per heavy atom. The fraction of sp³-hybridized carbons (Fsp3) is 0.130. The van der Waals surface area contributed by atoms with Crippen molar-refractivity contribution in [1.82, 2.24) is 0 Å². The number of benzene rings is 3. The maximum Gasteiger partial charge on any atom is 0.259 e. The molecule has 4 nitrogen and oxygen atoms in total. The molecule has 1 unspecified atom stereocenters. The SMILES string of the molecule is CC1C(=O)N(Cc2ccccc2F)c2ccccc2N1C(=O)c1ccc(F)cc1. The minimum absolute atomic E-state index is 0.0610. The minimum atomic E-state index is -0.797. The average Bonchev–Trinajstić information content (AvgIpc) is 2.73. The zero-order valence-corrected chi connectivity index (χ0v) is 15.7. The first-order chi connectivity index (χ1) is 14.0. The molecular weight excluding hydrogens is 374 g/mol. The van der Waals surface area contributed by atoms with Gasteiger partial charge in [-0.05, 0) is 49.4 Å². The fourth-order valence-electron chi connectivity index (χ4n) is 3.54. The third kappa shape index (κ3) is 3.38. The average molecular weight is 392 g/mol. The van der Waals surface area contributed by atoms with E-state index in [4.69, 9.17) is 0 Å². The lowest BCUT2D eigenvalue weighted by Crippen LogP contribution is -2.54.